The SMILES string of the molecule is CCCCCCCC/C=C/CCCCCCC(C)OC1OC(CO)C(O)C(O)C1OC1OC(CO)C(O)C(O)C1O. The van der Waals surface area contributed by atoms with Crippen LogP contribution in [0.4, 0.5) is 0 Å². The highest BCUT2D eigenvalue weighted by atomic mass is 16.8. The molecule has 11 heteroatoms. The lowest BCUT2D eigenvalue weighted by molar-refractivity contribution is -0.371. The average Bonchev–Trinajstić information content (AvgIpc) is 2.96. The molecular weight excluding hydrogens is 536 g/mol. The van der Waals surface area contributed by atoms with Crippen molar-refractivity contribution in [2.45, 2.75) is 165 Å². The molecule has 0 amide bonds. The van der Waals surface area contributed by atoms with E-state index in [1.807, 2.05) is 6.92 Å². The molecule has 0 aromatic heterocycles. The molecule has 7 N–H and O–H groups in total. The van der Waals surface area contributed by atoms with E-state index < -0.39 is 74.6 Å². The summed E-state index contributed by atoms with van der Waals surface area (Å²) in [6.07, 6.45) is 4.87. The monoisotopic (exact) mass is 592 g/mol. The lowest BCUT2D eigenvalue weighted by Crippen LogP contribution is -2.64. The number of aliphatic hydroxyl groups excluding tert-OH is 7. The van der Waals surface area contributed by atoms with Gasteiger partial charge in [-0.2, -0.15) is 0 Å². The summed E-state index contributed by atoms with van der Waals surface area (Å²) >= 11 is 0. The summed E-state index contributed by atoms with van der Waals surface area (Å²) in [4.78, 5) is 0. The molecule has 0 aromatic rings. The molecule has 2 saturated heterocycles. The third-order valence-corrected chi connectivity index (χ3v) is 7.95. The third-order valence-electron chi connectivity index (χ3n) is 7.95. The van der Waals surface area contributed by atoms with E-state index in [0.29, 0.717) is 6.42 Å². The van der Waals surface area contributed by atoms with Crippen LogP contribution in [0, 0.1) is 0 Å². The van der Waals surface area contributed by atoms with Crippen LogP contribution < -0.4 is 0 Å². The topological polar surface area (TPSA) is 179 Å². The summed E-state index contributed by atoms with van der Waals surface area (Å²) in [7, 11) is 0. The standard InChI is InChI=1S/C30H56O11/c1-3-4-5-6-7-8-9-10-11-12-13-14-15-16-17-20(2)38-30-28(26(36)24(34)22(19-32)40-30)41-29-27(37)25(35)23(33)21(18-31)39-29/h10-11,20-37H,3-9,12-19H2,1-2H3/b11-10+. The zero-order chi connectivity index (χ0) is 30.2. The fraction of sp³-hybridized carbons (Fsp3) is 0.933. The van der Waals surface area contributed by atoms with Crippen LogP contribution in [0.15, 0.2) is 12.2 Å². The summed E-state index contributed by atoms with van der Waals surface area (Å²) in [5.41, 5.74) is 0. The van der Waals surface area contributed by atoms with Crippen LogP contribution in [-0.2, 0) is 18.9 Å². The Balaban J connectivity index is 1.76. The first-order valence-corrected chi connectivity index (χ1v) is 15.6. The lowest BCUT2D eigenvalue weighted by Gasteiger charge is -2.46. The second-order valence-corrected chi connectivity index (χ2v) is 11.5. The van der Waals surface area contributed by atoms with E-state index in [4.69, 9.17) is 18.9 Å². The fourth-order valence-corrected chi connectivity index (χ4v) is 5.27. The summed E-state index contributed by atoms with van der Waals surface area (Å²) in [5.74, 6) is 0. The van der Waals surface area contributed by atoms with Crippen LogP contribution >= 0.6 is 0 Å². The molecule has 2 fully saturated rings. The van der Waals surface area contributed by atoms with Gasteiger partial charge in [0.05, 0.1) is 19.3 Å². The predicted octanol–water partition coefficient (Wildman–Crippen LogP) is 1.66. The minimum Gasteiger partial charge on any atom is -0.394 e. The highest BCUT2D eigenvalue weighted by Gasteiger charge is 2.51. The van der Waals surface area contributed by atoms with Crippen molar-refractivity contribution in [1.29, 1.82) is 0 Å². The van der Waals surface area contributed by atoms with E-state index >= 15 is 0 Å². The smallest absolute Gasteiger partial charge is 0.187 e. The van der Waals surface area contributed by atoms with Crippen molar-refractivity contribution in [3.8, 4) is 0 Å². The molecule has 0 aliphatic carbocycles. The second-order valence-electron chi connectivity index (χ2n) is 11.5. The van der Waals surface area contributed by atoms with Crippen molar-refractivity contribution in [3.05, 3.63) is 12.2 Å². The van der Waals surface area contributed by atoms with Crippen molar-refractivity contribution in [2.75, 3.05) is 13.2 Å². The van der Waals surface area contributed by atoms with Gasteiger partial charge in [-0.05, 0) is 39.0 Å². The average molecular weight is 593 g/mol. The van der Waals surface area contributed by atoms with Gasteiger partial charge in [-0.1, -0.05) is 70.4 Å². The van der Waals surface area contributed by atoms with Gasteiger partial charge in [-0.25, -0.2) is 0 Å². The molecule has 0 bridgehead atoms. The minimum absolute atomic E-state index is 0.306. The Morgan fingerprint density at radius 3 is 1.73 bits per heavy atom. The van der Waals surface area contributed by atoms with Crippen molar-refractivity contribution >= 4 is 0 Å². The van der Waals surface area contributed by atoms with E-state index in [-0.39, 0.29) is 6.10 Å². The van der Waals surface area contributed by atoms with E-state index in [9.17, 15) is 35.7 Å². The maximum absolute atomic E-state index is 10.7. The molecule has 0 saturated carbocycles. The summed E-state index contributed by atoms with van der Waals surface area (Å²) in [5, 5.41) is 70.6. The lowest BCUT2D eigenvalue weighted by atomic mass is 9.97. The first kappa shape index (κ1) is 36.5. The van der Waals surface area contributed by atoms with Crippen LogP contribution in [0.3, 0.4) is 0 Å². The van der Waals surface area contributed by atoms with Gasteiger partial charge >= 0.3 is 0 Å². The summed E-state index contributed by atoms with van der Waals surface area (Å²) in [6.45, 7) is 2.88. The Hall–Kier alpha value is -0.700. The van der Waals surface area contributed by atoms with Gasteiger partial charge in [0.25, 0.3) is 0 Å². The Labute approximate surface area is 245 Å². The molecule has 2 aliphatic rings. The maximum Gasteiger partial charge on any atom is 0.187 e. The molecule has 11 nitrogen and oxygen atoms in total. The summed E-state index contributed by atoms with van der Waals surface area (Å²) in [6, 6.07) is 0. The molecular formula is C30H56O11. The first-order chi connectivity index (χ1) is 19.7. The zero-order valence-electron chi connectivity index (χ0n) is 24.9. The van der Waals surface area contributed by atoms with Crippen LogP contribution in [-0.4, -0.2) is 116 Å². The Kier molecular flexibility index (Phi) is 18.1. The first-order valence-electron chi connectivity index (χ1n) is 15.6. The minimum atomic E-state index is -1.70. The van der Waals surface area contributed by atoms with E-state index in [1.54, 1.807) is 0 Å². The van der Waals surface area contributed by atoms with Gasteiger partial charge in [-0.15, -0.1) is 0 Å². The third kappa shape index (κ3) is 12.1. The molecule has 11 unspecified atom stereocenters. The van der Waals surface area contributed by atoms with Gasteiger partial charge in [0, 0.05) is 0 Å². The van der Waals surface area contributed by atoms with Gasteiger partial charge < -0.3 is 54.7 Å². The number of hydrogen-bond donors (Lipinski definition) is 7. The molecule has 0 aromatic carbocycles. The molecule has 2 rings (SSSR count). The number of allylic oxidation sites excluding steroid dienone is 2. The van der Waals surface area contributed by atoms with E-state index in [2.05, 4.69) is 19.1 Å². The predicted molar refractivity (Wildman–Crippen MR) is 152 cm³/mol. The number of ether oxygens (including phenoxy) is 4. The highest BCUT2D eigenvalue weighted by Crippen LogP contribution is 2.30. The molecule has 2 aliphatic heterocycles. The van der Waals surface area contributed by atoms with Crippen LogP contribution in [0.1, 0.15) is 97.3 Å². The molecule has 11 atom stereocenters. The van der Waals surface area contributed by atoms with Crippen LogP contribution in [0.5, 0.6) is 0 Å². The number of hydrogen-bond acceptors (Lipinski definition) is 11. The Bertz CT molecular complexity index is 693. The van der Waals surface area contributed by atoms with Crippen LogP contribution in [0.2, 0.25) is 0 Å². The molecule has 242 valence electrons. The van der Waals surface area contributed by atoms with Gasteiger partial charge in [0.1, 0.15) is 48.8 Å². The molecule has 2 heterocycles. The maximum atomic E-state index is 10.7. The highest BCUT2D eigenvalue weighted by molar-refractivity contribution is 4.94. The number of aliphatic hydroxyl groups is 7. The van der Waals surface area contributed by atoms with Crippen molar-refractivity contribution < 1.29 is 54.7 Å². The van der Waals surface area contributed by atoms with Crippen molar-refractivity contribution in [2.24, 2.45) is 0 Å². The number of unbranched alkanes of at least 4 members (excludes halogenated alkanes) is 10. The molecule has 0 radical (unpaired) electrons. The Morgan fingerprint density at radius 2 is 1.15 bits per heavy atom. The summed E-state index contributed by atoms with van der Waals surface area (Å²) < 4.78 is 22.8. The van der Waals surface area contributed by atoms with E-state index in [0.717, 1.165) is 38.5 Å². The van der Waals surface area contributed by atoms with Crippen molar-refractivity contribution in [1.82, 2.24) is 0 Å². The van der Waals surface area contributed by atoms with E-state index in [1.165, 1.54) is 38.5 Å². The van der Waals surface area contributed by atoms with Gasteiger partial charge in [0.15, 0.2) is 12.6 Å². The zero-order valence-corrected chi connectivity index (χ0v) is 24.9. The van der Waals surface area contributed by atoms with Crippen LogP contribution in [0.25, 0.3) is 0 Å². The second kappa shape index (κ2) is 20.3. The fourth-order valence-electron chi connectivity index (χ4n) is 5.27. The normalized spacial score (nSPS) is 35.2. The quantitative estimate of drug-likeness (QED) is 0.0808. The Morgan fingerprint density at radius 1 is 0.634 bits per heavy atom. The molecule has 41 heavy (non-hydrogen) atoms. The van der Waals surface area contributed by atoms with Gasteiger partial charge in [-0.3, -0.25) is 0 Å². The molecule has 0 spiro atoms. The number of rotatable bonds is 20. The van der Waals surface area contributed by atoms with Gasteiger partial charge in [0.2, 0.25) is 0 Å². The van der Waals surface area contributed by atoms with Crippen molar-refractivity contribution in [3.63, 3.8) is 0 Å². The largest absolute Gasteiger partial charge is 0.394 e.